The number of hydrogen-bond donors (Lipinski definition) is 1. The van der Waals surface area contributed by atoms with Gasteiger partial charge in [-0.05, 0) is 43.2 Å². The Bertz CT molecular complexity index is 738. The molecule has 2 heterocycles. The Balaban J connectivity index is 1.67. The summed E-state index contributed by atoms with van der Waals surface area (Å²) in [5.41, 5.74) is 1.17. The lowest BCUT2D eigenvalue weighted by Gasteiger charge is -2.21. The molecule has 1 amide bonds. The van der Waals surface area contributed by atoms with E-state index in [1.54, 1.807) is 38.6 Å². The third kappa shape index (κ3) is 4.25. The second-order valence-electron chi connectivity index (χ2n) is 6.33. The van der Waals surface area contributed by atoms with E-state index in [0.29, 0.717) is 22.7 Å². The lowest BCUT2D eigenvalue weighted by molar-refractivity contribution is 0.102. The summed E-state index contributed by atoms with van der Waals surface area (Å²) in [7, 11) is 3.11. The highest BCUT2D eigenvalue weighted by atomic mass is 16.5. The lowest BCUT2D eigenvalue weighted by Crippen LogP contribution is -2.24. The highest BCUT2D eigenvalue weighted by molar-refractivity contribution is 6.04. The first-order valence-corrected chi connectivity index (χ1v) is 8.95. The molecule has 1 aliphatic rings. The van der Waals surface area contributed by atoms with Crippen molar-refractivity contribution < 1.29 is 14.3 Å². The van der Waals surface area contributed by atoms with Crippen molar-refractivity contribution in [2.75, 3.05) is 37.5 Å². The zero-order valence-corrected chi connectivity index (χ0v) is 15.3. The van der Waals surface area contributed by atoms with Gasteiger partial charge in [-0.1, -0.05) is 12.8 Å². The Hall–Kier alpha value is -2.76. The van der Waals surface area contributed by atoms with Gasteiger partial charge in [0.2, 0.25) is 0 Å². The number of anilines is 2. The van der Waals surface area contributed by atoms with Crippen LogP contribution >= 0.6 is 0 Å². The van der Waals surface area contributed by atoms with Gasteiger partial charge in [-0.15, -0.1) is 0 Å². The fourth-order valence-corrected chi connectivity index (χ4v) is 3.13. The van der Waals surface area contributed by atoms with Crippen LogP contribution in [0.25, 0.3) is 0 Å². The summed E-state index contributed by atoms with van der Waals surface area (Å²) in [6, 6.07) is 8.94. The van der Waals surface area contributed by atoms with Crippen molar-refractivity contribution >= 4 is 17.4 Å². The number of nitrogens with one attached hydrogen (secondary N) is 1. The molecule has 0 aliphatic carbocycles. The first-order chi connectivity index (χ1) is 12.7. The average Bonchev–Trinajstić information content (AvgIpc) is 2.97. The standard InChI is InChI=1S/C20H25N3O3/c1-25-17-9-7-15(13-18(17)26-2)20(24)22-16-8-10-19(21-14-16)23-11-5-3-4-6-12-23/h7-10,13-14H,3-6,11-12H2,1-2H3,(H,22,24). The predicted octanol–water partition coefficient (Wildman–Crippen LogP) is 3.73. The van der Waals surface area contributed by atoms with Gasteiger partial charge in [0.05, 0.1) is 26.1 Å². The largest absolute Gasteiger partial charge is 0.493 e. The van der Waals surface area contributed by atoms with Gasteiger partial charge in [-0.2, -0.15) is 0 Å². The highest BCUT2D eigenvalue weighted by Gasteiger charge is 2.13. The molecule has 1 saturated heterocycles. The topological polar surface area (TPSA) is 63.7 Å². The number of nitrogens with zero attached hydrogens (tertiary/aromatic N) is 2. The molecule has 1 aromatic carbocycles. The van der Waals surface area contributed by atoms with E-state index < -0.39 is 0 Å². The normalized spacial score (nSPS) is 14.5. The number of aromatic nitrogens is 1. The lowest BCUT2D eigenvalue weighted by atomic mass is 10.2. The van der Waals surface area contributed by atoms with E-state index in [9.17, 15) is 4.79 Å². The first-order valence-electron chi connectivity index (χ1n) is 8.95. The average molecular weight is 355 g/mol. The SMILES string of the molecule is COc1ccc(C(=O)Nc2ccc(N3CCCCCC3)nc2)cc1OC. The van der Waals surface area contributed by atoms with E-state index in [2.05, 4.69) is 15.2 Å². The Labute approximate surface area is 154 Å². The van der Waals surface area contributed by atoms with Gasteiger partial charge in [0, 0.05) is 18.7 Å². The molecule has 0 bridgehead atoms. The van der Waals surface area contributed by atoms with E-state index in [1.165, 1.54) is 25.7 Å². The molecule has 6 nitrogen and oxygen atoms in total. The van der Waals surface area contributed by atoms with Gasteiger partial charge < -0.3 is 19.7 Å². The molecule has 2 aromatic rings. The summed E-state index contributed by atoms with van der Waals surface area (Å²) in [5, 5.41) is 2.87. The van der Waals surface area contributed by atoms with E-state index in [-0.39, 0.29) is 5.91 Å². The van der Waals surface area contributed by atoms with Crippen molar-refractivity contribution in [1.82, 2.24) is 4.98 Å². The second kappa shape index (κ2) is 8.56. The fraction of sp³-hybridized carbons (Fsp3) is 0.400. The number of benzene rings is 1. The summed E-state index contributed by atoms with van der Waals surface area (Å²) in [5.74, 6) is 1.87. The van der Waals surface area contributed by atoms with E-state index in [1.807, 2.05) is 12.1 Å². The zero-order chi connectivity index (χ0) is 18.4. The fourth-order valence-electron chi connectivity index (χ4n) is 3.13. The highest BCUT2D eigenvalue weighted by Crippen LogP contribution is 2.28. The van der Waals surface area contributed by atoms with E-state index in [0.717, 1.165) is 18.9 Å². The van der Waals surface area contributed by atoms with Crippen molar-refractivity contribution in [1.29, 1.82) is 0 Å². The van der Waals surface area contributed by atoms with Crippen molar-refractivity contribution in [3.8, 4) is 11.5 Å². The van der Waals surface area contributed by atoms with Crippen molar-refractivity contribution in [2.45, 2.75) is 25.7 Å². The third-order valence-corrected chi connectivity index (χ3v) is 4.58. The third-order valence-electron chi connectivity index (χ3n) is 4.58. The van der Waals surface area contributed by atoms with Crippen LogP contribution in [0.3, 0.4) is 0 Å². The van der Waals surface area contributed by atoms with E-state index in [4.69, 9.17) is 9.47 Å². The number of rotatable bonds is 5. The number of hydrogen-bond acceptors (Lipinski definition) is 5. The Morgan fingerprint density at radius 2 is 1.73 bits per heavy atom. The van der Waals surface area contributed by atoms with Crippen LogP contribution in [-0.2, 0) is 0 Å². The van der Waals surface area contributed by atoms with Gasteiger partial charge >= 0.3 is 0 Å². The number of carbonyl (C=O) groups excluding carboxylic acids is 1. The molecule has 26 heavy (non-hydrogen) atoms. The van der Waals surface area contributed by atoms with Gasteiger partial charge in [0.25, 0.3) is 5.91 Å². The molecule has 0 saturated carbocycles. The van der Waals surface area contributed by atoms with Crippen molar-refractivity contribution in [2.24, 2.45) is 0 Å². The van der Waals surface area contributed by atoms with Crippen LogP contribution in [0.5, 0.6) is 11.5 Å². The number of ether oxygens (including phenoxy) is 2. The van der Waals surface area contributed by atoms with Gasteiger partial charge in [0.1, 0.15) is 5.82 Å². The van der Waals surface area contributed by atoms with Crippen molar-refractivity contribution in [3.63, 3.8) is 0 Å². The molecule has 0 radical (unpaired) electrons. The molecular formula is C20H25N3O3. The van der Waals surface area contributed by atoms with Crippen molar-refractivity contribution in [3.05, 3.63) is 42.1 Å². The quantitative estimate of drug-likeness (QED) is 0.885. The van der Waals surface area contributed by atoms with Crippen LogP contribution in [0.15, 0.2) is 36.5 Å². The summed E-state index contributed by atoms with van der Waals surface area (Å²) < 4.78 is 10.4. The molecule has 1 N–H and O–H groups in total. The van der Waals surface area contributed by atoms with Gasteiger partial charge in [0.15, 0.2) is 11.5 Å². The summed E-state index contributed by atoms with van der Waals surface area (Å²) in [6.07, 6.45) is 6.70. The minimum atomic E-state index is -0.213. The number of amides is 1. The number of pyridine rings is 1. The molecule has 1 aromatic heterocycles. The maximum Gasteiger partial charge on any atom is 0.255 e. The smallest absolute Gasteiger partial charge is 0.255 e. The summed E-state index contributed by atoms with van der Waals surface area (Å²) >= 11 is 0. The molecule has 6 heteroatoms. The molecule has 0 spiro atoms. The Morgan fingerprint density at radius 3 is 2.35 bits per heavy atom. The maximum absolute atomic E-state index is 12.5. The van der Waals surface area contributed by atoms with Crippen LogP contribution in [0.1, 0.15) is 36.0 Å². The Morgan fingerprint density at radius 1 is 1.00 bits per heavy atom. The Kier molecular flexibility index (Phi) is 5.94. The van der Waals surface area contributed by atoms with E-state index >= 15 is 0 Å². The van der Waals surface area contributed by atoms with Crippen LogP contribution in [0, 0.1) is 0 Å². The minimum absolute atomic E-state index is 0.213. The minimum Gasteiger partial charge on any atom is -0.493 e. The molecular weight excluding hydrogens is 330 g/mol. The number of methoxy groups -OCH3 is 2. The summed E-state index contributed by atoms with van der Waals surface area (Å²) in [4.78, 5) is 19.3. The van der Waals surface area contributed by atoms with Crippen LogP contribution in [0.4, 0.5) is 11.5 Å². The zero-order valence-electron chi connectivity index (χ0n) is 15.3. The monoisotopic (exact) mass is 355 g/mol. The van der Waals surface area contributed by atoms with Crippen LogP contribution < -0.4 is 19.7 Å². The van der Waals surface area contributed by atoms with Crippen LogP contribution in [-0.4, -0.2) is 38.2 Å². The molecule has 0 unspecified atom stereocenters. The first kappa shape index (κ1) is 18.0. The summed E-state index contributed by atoms with van der Waals surface area (Å²) in [6.45, 7) is 2.09. The molecule has 1 aliphatic heterocycles. The maximum atomic E-state index is 12.5. The predicted molar refractivity (Wildman–Crippen MR) is 102 cm³/mol. The second-order valence-corrected chi connectivity index (χ2v) is 6.33. The van der Waals surface area contributed by atoms with Gasteiger partial charge in [-0.25, -0.2) is 4.98 Å². The molecule has 1 fully saturated rings. The molecule has 0 atom stereocenters. The molecule has 138 valence electrons. The van der Waals surface area contributed by atoms with Crippen LogP contribution in [0.2, 0.25) is 0 Å². The van der Waals surface area contributed by atoms with Gasteiger partial charge in [-0.3, -0.25) is 4.79 Å². The number of carbonyl (C=O) groups is 1. The molecule has 3 rings (SSSR count).